The van der Waals surface area contributed by atoms with Crippen LogP contribution >= 0.6 is 11.3 Å². The van der Waals surface area contributed by atoms with Crippen LogP contribution in [0.3, 0.4) is 0 Å². The second kappa shape index (κ2) is 5.85. The Morgan fingerprint density at radius 2 is 2.33 bits per heavy atom. The molecule has 0 bridgehead atoms. The Morgan fingerprint density at radius 3 is 3.10 bits per heavy atom. The van der Waals surface area contributed by atoms with Gasteiger partial charge in [0.25, 0.3) is 5.82 Å². The smallest absolute Gasteiger partial charge is 0.252 e. The lowest BCUT2D eigenvalue weighted by Crippen LogP contribution is -2.09. The molecule has 7 nitrogen and oxygen atoms in total. The molecule has 0 aromatic carbocycles. The summed E-state index contributed by atoms with van der Waals surface area (Å²) in [7, 11) is 0. The number of anilines is 1. The molecule has 1 N–H and O–H groups in total. The SMILES string of the molecule is CCCNc1nc(Cn2cnc(C#N)n2)nc2sccc12. The van der Waals surface area contributed by atoms with Crippen LogP contribution in [0.1, 0.15) is 25.0 Å². The van der Waals surface area contributed by atoms with E-state index < -0.39 is 0 Å². The van der Waals surface area contributed by atoms with Gasteiger partial charge in [-0.05, 0) is 17.9 Å². The van der Waals surface area contributed by atoms with E-state index in [9.17, 15) is 0 Å². The molecule has 3 aromatic heterocycles. The molecule has 3 heterocycles. The first kappa shape index (κ1) is 13.5. The molecule has 0 aliphatic rings. The fourth-order valence-electron chi connectivity index (χ4n) is 1.92. The molecule has 0 saturated carbocycles. The van der Waals surface area contributed by atoms with Crippen LogP contribution in [0.2, 0.25) is 0 Å². The molecule has 0 radical (unpaired) electrons. The van der Waals surface area contributed by atoms with E-state index in [1.165, 1.54) is 6.33 Å². The van der Waals surface area contributed by atoms with Gasteiger partial charge in [-0.3, -0.25) is 0 Å². The summed E-state index contributed by atoms with van der Waals surface area (Å²) in [5.74, 6) is 1.65. The summed E-state index contributed by atoms with van der Waals surface area (Å²) in [4.78, 5) is 13.9. The normalized spacial score (nSPS) is 10.7. The molecule has 0 aliphatic carbocycles. The summed E-state index contributed by atoms with van der Waals surface area (Å²) >= 11 is 1.58. The largest absolute Gasteiger partial charge is 0.369 e. The van der Waals surface area contributed by atoms with E-state index in [2.05, 4.69) is 32.3 Å². The Morgan fingerprint density at radius 1 is 1.43 bits per heavy atom. The van der Waals surface area contributed by atoms with Gasteiger partial charge in [-0.25, -0.2) is 19.6 Å². The van der Waals surface area contributed by atoms with Crippen molar-refractivity contribution >= 4 is 27.4 Å². The molecule has 0 amide bonds. The maximum atomic E-state index is 8.74. The van der Waals surface area contributed by atoms with Gasteiger partial charge in [0.15, 0.2) is 5.82 Å². The Hall–Kier alpha value is -2.53. The molecular formula is C13H13N7S. The number of hydrogen-bond acceptors (Lipinski definition) is 7. The van der Waals surface area contributed by atoms with Gasteiger partial charge in [0, 0.05) is 6.54 Å². The third kappa shape index (κ3) is 2.83. The summed E-state index contributed by atoms with van der Waals surface area (Å²) in [6, 6.07) is 3.92. The number of hydrogen-bond donors (Lipinski definition) is 1. The summed E-state index contributed by atoms with van der Waals surface area (Å²) in [6.07, 6.45) is 2.54. The molecule has 0 spiro atoms. The number of nitrogens with zero attached hydrogens (tertiary/aromatic N) is 6. The lowest BCUT2D eigenvalue weighted by Gasteiger charge is -2.07. The zero-order valence-corrected chi connectivity index (χ0v) is 12.3. The first-order valence-electron chi connectivity index (χ1n) is 6.57. The van der Waals surface area contributed by atoms with E-state index in [1.54, 1.807) is 16.0 Å². The van der Waals surface area contributed by atoms with Crippen LogP contribution in [0, 0.1) is 11.3 Å². The highest BCUT2D eigenvalue weighted by molar-refractivity contribution is 7.16. The third-order valence-corrected chi connectivity index (χ3v) is 3.66. The van der Waals surface area contributed by atoms with Gasteiger partial charge in [-0.15, -0.1) is 16.4 Å². The fourth-order valence-corrected chi connectivity index (χ4v) is 2.70. The predicted molar refractivity (Wildman–Crippen MR) is 80.0 cm³/mol. The van der Waals surface area contributed by atoms with Crippen LogP contribution in [-0.2, 0) is 6.54 Å². The number of aromatic nitrogens is 5. The lowest BCUT2D eigenvalue weighted by molar-refractivity contribution is 0.655. The van der Waals surface area contributed by atoms with Crippen molar-refractivity contribution in [2.24, 2.45) is 0 Å². The van der Waals surface area contributed by atoms with Crippen LogP contribution in [0.5, 0.6) is 0 Å². The van der Waals surface area contributed by atoms with Gasteiger partial charge in [0.05, 0.1) is 5.39 Å². The Balaban J connectivity index is 1.92. The van der Waals surface area contributed by atoms with Gasteiger partial charge >= 0.3 is 0 Å². The highest BCUT2D eigenvalue weighted by atomic mass is 32.1. The van der Waals surface area contributed by atoms with E-state index in [-0.39, 0.29) is 5.82 Å². The monoisotopic (exact) mass is 299 g/mol. The van der Waals surface area contributed by atoms with Crippen LogP contribution in [0.25, 0.3) is 10.2 Å². The van der Waals surface area contributed by atoms with Crippen molar-refractivity contribution in [3.63, 3.8) is 0 Å². The Labute approximate surface area is 125 Å². The standard InChI is InChI=1S/C13H13N7S/c1-2-4-15-12-9-3-5-21-13(9)18-11(17-12)7-20-8-16-10(6-14)19-20/h3,5,8H,2,4,7H2,1H3,(H,15,17,18). The first-order valence-corrected chi connectivity index (χ1v) is 7.45. The van der Waals surface area contributed by atoms with Crippen molar-refractivity contribution in [1.29, 1.82) is 5.26 Å². The third-order valence-electron chi connectivity index (χ3n) is 2.85. The zero-order chi connectivity index (χ0) is 14.7. The highest BCUT2D eigenvalue weighted by Crippen LogP contribution is 2.25. The van der Waals surface area contributed by atoms with E-state index in [0.29, 0.717) is 12.4 Å². The molecule has 3 rings (SSSR count). The highest BCUT2D eigenvalue weighted by Gasteiger charge is 2.10. The van der Waals surface area contributed by atoms with Gasteiger partial charge in [0.2, 0.25) is 0 Å². The zero-order valence-electron chi connectivity index (χ0n) is 11.4. The van der Waals surface area contributed by atoms with Crippen molar-refractivity contribution in [1.82, 2.24) is 24.7 Å². The van der Waals surface area contributed by atoms with Crippen molar-refractivity contribution in [3.05, 3.63) is 29.4 Å². The molecule has 0 saturated heterocycles. The summed E-state index contributed by atoms with van der Waals surface area (Å²) in [6.45, 7) is 3.37. The maximum absolute atomic E-state index is 8.74. The van der Waals surface area contributed by atoms with Gasteiger partial charge < -0.3 is 5.32 Å². The molecule has 0 atom stereocenters. The van der Waals surface area contributed by atoms with Crippen molar-refractivity contribution in [2.45, 2.75) is 19.9 Å². The van der Waals surface area contributed by atoms with Gasteiger partial charge in [-0.1, -0.05) is 6.92 Å². The number of rotatable bonds is 5. The number of fused-ring (bicyclic) bond motifs is 1. The lowest BCUT2D eigenvalue weighted by atomic mass is 10.3. The summed E-state index contributed by atoms with van der Waals surface area (Å²) in [5, 5.41) is 19.1. The molecule has 8 heteroatoms. The molecule has 3 aromatic rings. The summed E-state index contributed by atoms with van der Waals surface area (Å²) in [5.41, 5.74) is 0. The fraction of sp³-hybridized carbons (Fsp3) is 0.308. The molecule has 21 heavy (non-hydrogen) atoms. The quantitative estimate of drug-likeness (QED) is 0.775. The summed E-state index contributed by atoms with van der Waals surface area (Å²) < 4.78 is 1.57. The topological polar surface area (TPSA) is 92.3 Å². The predicted octanol–water partition coefficient (Wildman–Crippen LogP) is 2.02. The molecule has 0 fully saturated rings. The van der Waals surface area contributed by atoms with E-state index >= 15 is 0 Å². The minimum absolute atomic E-state index is 0.150. The number of thiophene rings is 1. The van der Waals surface area contributed by atoms with Crippen LogP contribution in [0.4, 0.5) is 5.82 Å². The van der Waals surface area contributed by atoms with Crippen LogP contribution in [-0.4, -0.2) is 31.3 Å². The Kier molecular flexibility index (Phi) is 3.75. The van der Waals surface area contributed by atoms with E-state index in [0.717, 1.165) is 29.0 Å². The molecule has 0 aliphatic heterocycles. The van der Waals surface area contributed by atoms with E-state index in [1.807, 2.05) is 17.5 Å². The second-order valence-corrected chi connectivity index (χ2v) is 5.33. The van der Waals surface area contributed by atoms with Crippen molar-refractivity contribution in [2.75, 3.05) is 11.9 Å². The van der Waals surface area contributed by atoms with Crippen LogP contribution in [0.15, 0.2) is 17.8 Å². The number of nitrogens with one attached hydrogen (secondary N) is 1. The first-order chi connectivity index (χ1) is 10.3. The second-order valence-electron chi connectivity index (χ2n) is 4.43. The number of nitriles is 1. The van der Waals surface area contributed by atoms with Crippen LogP contribution < -0.4 is 5.32 Å². The van der Waals surface area contributed by atoms with Gasteiger partial charge in [0.1, 0.15) is 29.6 Å². The Bertz CT molecular complexity index is 798. The van der Waals surface area contributed by atoms with Crippen molar-refractivity contribution < 1.29 is 0 Å². The molecular weight excluding hydrogens is 286 g/mol. The average molecular weight is 299 g/mol. The molecule has 106 valence electrons. The minimum atomic E-state index is 0.150. The molecule has 0 unspecified atom stereocenters. The van der Waals surface area contributed by atoms with Gasteiger partial charge in [-0.2, -0.15) is 5.26 Å². The average Bonchev–Trinajstić information content (AvgIpc) is 3.13. The van der Waals surface area contributed by atoms with Crippen molar-refractivity contribution in [3.8, 4) is 6.07 Å². The minimum Gasteiger partial charge on any atom is -0.369 e. The maximum Gasteiger partial charge on any atom is 0.252 e. The van der Waals surface area contributed by atoms with E-state index in [4.69, 9.17) is 5.26 Å².